The van der Waals surface area contributed by atoms with Crippen molar-refractivity contribution in [1.82, 2.24) is 0 Å². The molecule has 0 atom stereocenters. The fourth-order valence-corrected chi connectivity index (χ4v) is 18.0. The number of benzene rings is 16. The van der Waals surface area contributed by atoms with Gasteiger partial charge in [0.1, 0.15) is 56.5 Å². The standard InChI is InChI=1S/C49H29NO3.C49H31NO2/c1-2-12-30(13-3-1)50(31-22-24-34-33-14-5-9-19-41(33)51-45(34)28-31)32-23-25-36-46(29-32)53-44-27-26-40-47(48(36)44)35-15-4-6-16-37(35)49(40)38-17-7-10-20-42(38)52-43-21-11-8-18-39(43)49;1-3-13-32(14-4-1)33-23-25-35(26-24-33)50(34-15-5-2-6-16-34)36-27-28-38-46(31-36)52-45-30-29-42-47(48(38)45)37-17-7-8-18-39(37)49(42)40-19-9-11-21-43(40)51-44-22-12-10-20-41(44)49/h1-29H;1-31H. The summed E-state index contributed by atoms with van der Waals surface area (Å²) in [5.41, 5.74) is 27.3. The Bertz CT molecular complexity index is 6660. The van der Waals surface area contributed by atoms with Crippen molar-refractivity contribution in [2.75, 3.05) is 9.80 Å². The highest BCUT2D eigenvalue weighted by molar-refractivity contribution is 6.18. The first-order valence-corrected chi connectivity index (χ1v) is 35.8. The number of rotatable bonds is 7. The summed E-state index contributed by atoms with van der Waals surface area (Å²) in [5.74, 6) is 3.56. The van der Waals surface area contributed by atoms with Crippen molar-refractivity contribution in [3.05, 3.63) is 408 Å². The lowest BCUT2D eigenvalue weighted by atomic mass is 9.66. The molecule has 2 aliphatic carbocycles. The minimum Gasteiger partial charge on any atom is -0.457 e. The molecule has 23 rings (SSSR count). The van der Waals surface area contributed by atoms with E-state index in [1.54, 1.807) is 0 Å². The van der Waals surface area contributed by atoms with Crippen LogP contribution in [0.2, 0.25) is 0 Å². The van der Waals surface area contributed by atoms with Crippen LogP contribution in [0.15, 0.2) is 377 Å². The van der Waals surface area contributed by atoms with Crippen LogP contribution in [0.4, 0.5) is 34.1 Å². The van der Waals surface area contributed by atoms with Crippen LogP contribution in [0, 0.1) is 0 Å². The Morgan fingerprint density at radius 1 is 0.200 bits per heavy atom. The topological polar surface area (TPSA) is 64.4 Å². The molecule has 16 aromatic carbocycles. The van der Waals surface area contributed by atoms with Crippen molar-refractivity contribution < 1.29 is 22.7 Å². The van der Waals surface area contributed by atoms with Gasteiger partial charge in [0, 0.05) is 107 Å². The second-order valence-electron chi connectivity index (χ2n) is 27.6. The smallest absolute Gasteiger partial charge is 0.137 e. The minimum atomic E-state index is -0.533. The highest BCUT2D eigenvalue weighted by Gasteiger charge is 2.53. The van der Waals surface area contributed by atoms with Crippen molar-refractivity contribution in [2.24, 2.45) is 0 Å². The maximum Gasteiger partial charge on any atom is 0.137 e. The second-order valence-corrected chi connectivity index (χ2v) is 27.6. The summed E-state index contributed by atoms with van der Waals surface area (Å²) < 4.78 is 33.0. The third kappa shape index (κ3) is 8.55. The van der Waals surface area contributed by atoms with E-state index in [9.17, 15) is 0 Å². The van der Waals surface area contributed by atoms with Gasteiger partial charge in [0.15, 0.2) is 0 Å². The lowest BCUT2D eigenvalue weighted by Gasteiger charge is -2.39. The SMILES string of the molecule is c1ccc(-c2ccc(N(c3ccccc3)c3ccc4c(c3)oc3ccc5c(c34)-c3ccccc3C53c4ccccc4Oc4ccccc43)cc2)cc1.c1ccc(N(c2ccc3c(c2)oc2ccccc23)c2ccc3c(c2)oc2ccc4c(c23)-c2ccccc2C42c3ccccc3Oc3ccccc32)cc1. The van der Waals surface area contributed by atoms with Crippen molar-refractivity contribution in [3.63, 3.8) is 0 Å². The van der Waals surface area contributed by atoms with E-state index in [2.05, 4.69) is 356 Å². The van der Waals surface area contributed by atoms with E-state index in [4.69, 9.17) is 22.7 Å². The zero-order chi connectivity index (χ0) is 68.9. The van der Waals surface area contributed by atoms with E-state index in [0.29, 0.717) is 0 Å². The fourth-order valence-electron chi connectivity index (χ4n) is 18.0. The predicted octanol–water partition coefficient (Wildman–Crippen LogP) is 26.6. The van der Waals surface area contributed by atoms with E-state index >= 15 is 0 Å². The molecular formula is C98H60N2O5. The fraction of sp³-hybridized carbons (Fsp3) is 0.0204. The quantitative estimate of drug-likeness (QED) is 0.158. The number of hydrogen-bond acceptors (Lipinski definition) is 7. The van der Waals surface area contributed by atoms with Gasteiger partial charge in [-0.15, -0.1) is 0 Å². The molecule has 492 valence electrons. The molecule has 2 spiro atoms. The van der Waals surface area contributed by atoms with E-state index in [0.717, 1.165) is 145 Å². The highest BCUT2D eigenvalue weighted by atomic mass is 16.5. The molecule has 0 unspecified atom stereocenters. The molecular weight excluding hydrogens is 1290 g/mol. The van der Waals surface area contributed by atoms with Gasteiger partial charge in [-0.25, -0.2) is 0 Å². The molecule has 0 amide bonds. The number of ether oxygens (including phenoxy) is 2. The molecule has 3 aromatic heterocycles. The van der Waals surface area contributed by atoms with Crippen LogP contribution in [0.3, 0.4) is 0 Å². The molecule has 19 aromatic rings. The summed E-state index contributed by atoms with van der Waals surface area (Å²) in [6, 6.07) is 129. The first kappa shape index (κ1) is 58.9. The van der Waals surface area contributed by atoms with Gasteiger partial charge in [-0.3, -0.25) is 0 Å². The Balaban J connectivity index is 0.000000132. The number of furan rings is 3. The van der Waals surface area contributed by atoms with E-state index in [1.165, 1.54) is 55.6 Å². The summed E-state index contributed by atoms with van der Waals surface area (Å²) in [6.45, 7) is 0. The average molecular weight is 1350 g/mol. The molecule has 0 fully saturated rings. The Labute approximate surface area is 604 Å². The summed E-state index contributed by atoms with van der Waals surface area (Å²) in [6.07, 6.45) is 0. The molecule has 7 heteroatoms. The average Bonchev–Trinajstić information content (AvgIpc) is 1.53. The molecule has 2 aliphatic heterocycles. The molecule has 0 N–H and O–H groups in total. The lowest BCUT2D eigenvalue weighted by molar-refractivity contribution is 0.436. The molecule has 7 nitrogen and oxygen atoms in total. The number of hydrogen-bond donors (Lipinski definition) is 0. The first-order valence-electron chi connectivity index (χ1n) is 35.8. The Morgan fingerprint density at radius 3 is 0.990 bits per heavy atom. The molecule has 0 bridgehead atoms. The second kappa shape index (κ2) is 22.8. The monoisotopic (exact) mass is 1340 g/mol. The Morgan fingerprint density at radius 2 is 0.524 bits per heavy atom. The normalized spacial score (nSPS) is 13.4. The van der Waals surface area contributed by atoms with Crippen molar-refractivity contribution >= 4 is 99.9 Å². The molecule has 0 saturated heterocycles. The minimum absolute atomic E-state index is 0.523. The summed E-state index contributed by atoms with van der Waals surface area (Å²) in [7, 11) is 0. The van der Waals surface area contributed by atoms with Crippen LogP contribution < -0.4 is 19.3 Å². The zero-order valence-corrected chi connectivity index (χ0v) is 56.6. The molecule has 0 radical (unpaired) electrons. The third-order valence-electron chi connectivity index (χ3n) is 22.3. The van der Waals surface area contributed by atoms with Crippen LogP contribution in [-0.2, 0) is 10.8 Å². The van der Waals surface area contributed by atoms with E-state index in [-0.39, 0.29) is 0 Å². The van der Waals surface area contributed by atoms with Crippen LogP contribution >= 0.6 is 0 Å². The summed E-state index contributed by atoms with van der Waals surface area (Å²) >= 11 is 0. The van der Waals surface area contributed by atoms with Crippen molar-refractivity contribution in [2.45, 2.75) is 10.8 Å². The van der Waals surface area contributed by atoms with Gasteiger partial charge in [-0.2, -0.15) is 0 Å². The van der Waals surface area contributed by atoms with Gasteiger partial charge < -0.3 is 32.5 Å². The van der Waals surface area contributed by atoms with Crippen molar-refractivity contribution in [1.29, 1.82) is 0 Å². The number of para-hydroxylation sites is 7. The molecule has 0 saturated carbocycles. The molecule has 4 aliphatic rings. The van der Waals surface area contributed by atoms with Crippen LogP contribution in [0.1, 0.15) is 44.5 Å². The number of fused-ring (bicyclic) bond motifs is 29. The maximum atomic E-state index is 6.81. The molecule has 5 heterocycles. The van der Waals surface area contributed by atoms with Gasteiger partial charge in [0.25, 0.3) is 0 Å². The van der Waals surface area contributed by atoms with Crippen LogP contribution in [0.25, 0.3) is 99.2 Å². The van der Waals surface area contributed by atoms with Crippen molar-refractivity contribution in [3.8, 4) is 56.4 Å². The lowest BCUT2D eigenvalue weighted by Crippen LogP contribution is -2.32. The van der Waals surface area contributed by atoms with Gasteiger partial charge in [0.05, 0.1) is 10.8 Å². The summed E-state index contributed by atoms with van der Waals surface area (Å²) in [5, 5.41) is 6.68. The Kier molecular flexibility index (Phi) is 12.8. The van der Waals surface area contributed by atoms with Crippen LogP contribution in [-0.4, -0.2) is 0 Å². The number of anilines is 6. The van der Waals surface area contributed by atoms with Gasteiger partial charge >= 0.3 is 0 Å². The Hall–Kier alpha value is -13.9. The zero-order valence-electron chi connectivity index (χ0n) is 56.6. The largest absolute Gasteiger partial charge is 0.457 e. The van der Waals surface area contributed by atoms with Gasteiger partial charge in [-0.05, 0) is 171 Å². The van der Waals surface area contributed by atoms with Gasteiger partial charge in [-0.1, -0.05) is 231 Å². The predicted molar refractivity (Wildman–Crippen MR) is 424 cm³/mol. The maximum absolute atomic E-state index is 6.81. The van der Waals surface area contributed by atoms with E-state index in [1.807, 2.05) is 18.2 Å². The van der Waals surface area contributed by atoms with E-state index < -0.39 is 10.8 Å². The van der Waals surface area contributed by atoms with Crippen LogP contribution in [0.5, 0.6) is 23.0 Å². The third-order valence-corrected chi connectivity index (χ3v) is 22.3. The summed E-state index contributed by atoms with van der Waals surface area (Å²) in [4.78, 5) is 4.57. The van der Waals surface area contributed by atoms with Gasteiger partial charge in [0.2, 0.25) is 0 Å². The number of nitrogens with zero attached hydrogens (tertiary/aromatic N) is 2. The molecule has 105 heavy (non-hydrogen) atoms. The highest BCUT2D eigenvalue weighted by Crippen LogP contribution is 2.66. The first-order chi connectivity index (χ1) is 52.1.